The molecule has 0 radical (unpaired) electrons. The molecule has 1 aromatic carbocycles. The van der Waals surface area contributed by atoms with E-state index in [1.165, 1.54) is 12.5 Å². The summed E-state index contributed by atoms with van der Waals surface area (Å²) in [5.41, 5.74) is 8.08. The number of nitro benzene ring substituents is 1. The third kappa shape index (κ3) is 3.06. The molecule has 0 saturated heterocycles. The molecule has 1 aliphatic carbocycles. The Morgan fingerprint density at radius 3 is 2.63 bits per heavy atom. The summed E-state index contributed by atoms with van der Waals surface area (Å²) in [4.78, 5) is 10.6. The number of nitro groups is 1. The Bertz CT molecular complexity index is 497. The minimum absolute atomic E-state index is 0.139. The first-order chi connectivity index (χ1) is 8.78. The van der Waals surface area contributed by atoms with Crippen LogP contribution in [0.15, 0.2) is 18.2 Å². The van der Waals surface area contributed by atoms with E-state index in [-0.39, 0.29) is 16.0 Å². The van der Waals surface area contributed by atoms with Gasteiger partial charge in [-0.25, -0.2) is 0 Å². The molecule has 104 valence electrons. The van der Waals surface area contributed by atoms with Crippen molar-refractivity contribution in [1.29, 1.82) is 0 Å². The molecule has 0 spiro atoms. The predicted octanol–water partition coefficient (Wildman–Crippen LogP) is 4.11. The molecule has 1 aromatic rings. The summed E-state index contributed by atoms with van der Waals surface area (Å²) in [5.74, 6) is 0.964. The van der Waals surface area contributed by atoms with E-state index in [4.69, 9.17) is 5.73 Å². The fraction of sp³-hybridized carbons (Fsp3) is 0.600. The number of nitrogens with zero attached hydrogens (tertiary/aromatic N) is 1. The van der Waals surface area contributed by atoms with Crippen molar-refractivity contribution in [2.24, 2.45) is 11.3 Å². The van der Waals surface area contributed by atoms with Gasteiger partial charge in [-0.1, -0.05) is 20.8 Å². The van der Waals surface area contributed by atoms with Gasteiger partial charge in [0, 0.05) is 17.8 Å². The number of nitrogens with two attached hydrogens (primary N) is 1. The second-order valence-corrected chi connectivity index (χ2v) is 6.68. The topological polar surface area (TPSA) is 69.2 Å². The number of hydrogen-bond donors (Lipinski definition) is 1. The van der Waals surface area contributed by atoms with E-state index < -0.39 is 0 Å². The molecule has 4 heteroatoms. The third-order valence-corrected chi connectivity index (χ3v) is 4.11. The summed E-state index contributed by atoms with van der Waals surface area (Å²) in [5, 5.41) is 10.9. The van der Waals surface area contributed by atoms with Crippen molar-refractivity contribution in [3.05, 3.63) is 33.9 Å². The highest BCUT2D eigenvalue weighted by Crippen LogP contribution is 2.47. The monoisotopic (exact) mass is 262 g/mol. The van der Waals surface area contributed by atoms with Crippen LogP contribution in [-0.2, 0) is 0 Å². The van der Waals surface area contributed by atoms with Crippen molar-refractivity contribution in [3.8, 4) is 0 Å². The van der Waals surface area contributed by atoms with Gasteiger partial charge in [0.1, 0.15) is 0 Å². The molecule has 19 heavy (non-hydrogen) atoms. The van der Waals surface area contributed by atoms with Gasteiger partial charge in [-0.15, -0.1) is 0 Å². The van der Waals surface area contributed by atoms with Crippen molar-refractivity contribution in [3.63, 3.8) is 0 Å². The van der Waals surface area contributed by atoms with Crippen LogP contribution in [0.25, 0.3) is 0 Å². The largest absolute Gasteiger partial charge is 0.398 e. The fourth-order valence-corrected chi connectivity index (χ4v) is 3.61. The van der Waals surface area contributed by atoms with E-state index in [9.17, 15) is 10.1 Å². The zero-order chi connectivity index (χ0) is 14.2. The predicted molar refractivity (Wildman–Crippen MR) is 77.0 cm³/mol. The van der Waals surface area contributed by atoms with E-state index >= 15 is 0 Å². The van der Waals surface area contributed by atoms with Crippen molar-refractivity contribution in [2.45, 2.75) is 46.0 Å². The van der Waals surface area contributed by atoms with Crippen LogP contribution in [0.4, 0.5) is 11.4 Å². The van der Waals surface area contributed by atoms with Crippen LogP contribution in [0.5, 0.6) is 0 Å². The van der Waals surface area contributed by atoms with Gasteiger partial charge in [0.25, 0.3) is 5.69 Å². The molecule has 2 rings (SSSR count). The van der Waals surface area contributed by atoms with Crippen molar-refractivity contribution in [2.75, 3.05) is 5.73 Å². The molecular weight excluding hydrogens is 240 g/mol. The number of non-ortho nitro benzene ring substituents is 1. The van der Waals surface area contributed by atoms with Crippen LogP contribution in [0, 0.1) is 21.4 Å². The first-order valence-corrected chi connectivity index (χ1v) is 6.82. The number of anilines is 1. The van der Waals surface area contributed by atoms with Crippen molar-refractivity contribution in [1.82, 2.24) is 0 Å². The van der Waals surface area contributed by atoms with Gasteiger partial charge < -0.3 is 5.73 Å². The molecule has 1 aliphatic rings. The normalized spacial score (nSPS) is 26.1. The molecule has 2 N–H and O–H groups in total. The molecule has 0 amide bonds. The minimum atomic E-state index is -0.347. The van der Waals surface area contributed by atoms with Crippen LogP contribution in [-0.4, -0.2) is 4.92 Å². The Labute approximate surface area is 114 Å². The van der Waals surface area contributed by atoms with Gasteiger partial charge in [0.15, 0.2) is 0 Å². The standard InChI is InChI=1S/C15H22N2O2/c1-10-6-11(9-15(2,3)8-10)13-7-12(17(18)19)4-5-14(13)16/h4-5,7,10-11H,6,8-9,16H2,1-3H3/t10-,11-/m0/s1. The maximum Gasteiger partial charge on any atom is 0.269 e. The zero-order valence-corrected chi connectivity index (χ0v) is 11.8. The number of rotatable bonds is 2. The summed E-state index contributed by atoms with van der Waals surface area (Å²) < 4.78 is 0. The highest BCUT2D eigenvalue weighted by molar-refractivity contribution is 5.54. The van der Waals surface area contributed by atoms with E-state index in [2.05, 4.69) is 20.8 Å². The fourth-order valence-electron chi connectivity index (χ4n) is 3.61. The number of hydrogen-bond acceptors (Lipinski definition) is 3. The molecule has 0 aliphatic heterocycles. The smallest absolute Gasteiger partial charge is 0.269 e. The zero-order valence-electron chi connectivity index (χ0n) is 11.8. The quantitative estimate of drug-likeness (QED) is 0.495. The molecule has 0 aromatic heterocycles. The lowest BCUT2D eigenvalue weighted by Crippen LogP contribution is -2.26. The summed E-state index contributed by atoms with van der Waals surface area (Å²) in [6.45, 7) is 6.79. The highest BCUT2D eigenvalue weighted by atomic mass is 16.6. The summed E-state index contributed by atoms with van der Waals surface area (Å²) in [6, 6.07) is 4.81. The van der Waals surface area contributed by atoms with Crippen LogP contribution in [0.2, 0.25) is 0 Å². The molecule has 0 unspecified atom stereocenters. The van der Waals surface area contributed by atoms with Crippen molar-refractivity contribution < 1.29 is 4.92 Å². The lowest BCUT2D eigenvalue weighted by Gasteiger charge is -2.39. The average molecular weight is 262 g/mol. The Morgan fingerprint density at radius 2 is 2.05 bits per heavy atom. The number of nitrogen functional groups attached to an aromatic ring is 1. The van der Waals surface area contributed by atoms with Gasteiger partial charge in [0.2, 0.25) is 0 Å². The van der Waals surface area contributed by atoms with Crippen molar-refractivity contribution >= 4 is 11.4 Å². The molecule has 1 saturated carbocycles. The van der Waals surface area contributed by atoms with E-state index in [0.29, 0.717) is 17.5 Å². The average Bonchev–Trinajstić information content (AvgIpc) is 2.26. The second kappa shape index (κ2) is 4.83. The Morgan fingerprint density at radius 1 is 1.37 bits per heavy atom. The second-order valence-electron chi connectivity index (χ2n) is 6.68. The van der Waals surface area contributed by atoms with Gasteiger partial charge >= 0.3 is 0 Å². The van der Waals surface area contributed by atoms with E-state index in [1.807, 2.05) is 0 Å². The molecule has 0 heterocycles. The van der Waals surface area contributed by atoms with E-state index in [0.717, 1.165) is 18.4 Å². The van der Waals surface area contributed by atoms with Gasteiger partial charge in [-0.05, 0) is 48.1 Å². The summed E-state index contributed by atoms with van der Waals surface area (Å²) in [7, 11) is 0. The van der Waals surface area contributed by atoms with Crippen LogP contribution in [0.3, 0.4) is 0 Å². The van der Waals surface area contributed by atoms with Crippen LogP contribution >= 0.6 is 0 Å². The summed E-state index contributed by atoms with van der Waals surface area (Å²) >= 11 is 0. The molecule has 1 fully saturated rings. The highest BCUT2D eigenvalue weighted by Gasteiger charge is 2.33. The van der Waals surface area contributed by atoms with Gasteiger partial charge in [0.05, 0.1) is 4.92 Å². The lowest BCUT2D eigenvalue weighted by atomic mass is 9.66. The number of benzene rings is 1. The van der Waals surface area contributed by atoms with Crippen LogP contribution < -0.4 is 5.73 Å². The molecule has 0 bridgehead atoms. The Balaban J connectivity index is 2.35. The maximum absolute atomic E-state index is 10.9. The molecule has 2 atom stereocenters. The summed E-state index contributed by atoms with van der Waals surface area (Å²) in [6.07, 6.45) is 3.32. The molecular formula is C15H22N2O2. The lowest BCUT2D eigenvalue weighted by molar-refractivity contribution is -0.384. The Kier molecular flexibility index (Phi) is 3.52. The Hall–Kier alpha value is -1.58. The minimum Gasteiger partial charge on any atom is -0.398 e. The molecule has 4 nitrogen and oxygen atoms in total. The third-order valence-electron chi connectivity index (χ3n) is 4.11. The first kappa shape index (κ1) is 13.8. The van der Waals surface area contributed by atoms with E-state index in [1.54, 1.807) is 12.1 Å². The van der Waals surface area contributed by atoms with Crippen LogP contribution in [0.1, 0.15) is 51.5 Å². The van der Waals surface area contributed by atoms with Gasteiger partial charge in [-0.3, -0.25) is 10.1 Å². The SMILES string of the molecule is C[C@H]1C[C@H](c2cc([N+](=O)[O-])ccc2N)CC(C)(C)C1. The maximum atomic E-state index is 10.9. The van der Waals surface area contributed by atoms with Gasteiger partial charge in [-0.2, -0.15) is 0 Å². The first-order valence-electron chi connectivity index (χ1n) is 6.82.